The minimum absolute atomic E-state index is 0.0988. The SMILES string of the molecule is CCCCC1CCC(c2ccc(-c3ccc(OCC(F)F)c(F)c3F)cc2)CC1. The molecular weight excluding hydrogens is 380 g/mol. The summed E-state index contributed by atoms with van der Waals surface area (Å²) in [7, 11) is 0. The first-order valence-corrected chi connectivity index (χ1v) is 10.5. The molecule has 0 N–H and O–H groups in total. The monoisotopic (exact) mass is 408 g/mol. The molecule has 0 unspecified atom stereocenters. The minimum atomic E-state index is -2.74. The Labute approximate surface area is 170 Å². The number of hydrogen-bond acceptors (Lipinski definition) is 1. The summed E-state index contributed by atoms with van der Waals surface area (Å²) < 4.78 is 57.7. The van der Waals surface area contributed by atoms with E-state index in [1.807, 2.05) is 12.1 Å². The molecule has 1 fully saturated rings. The first-order chi connectivity index (χ1) is 14.0. The van der Waals surface area contributed by atoms with E-state index in [-0.39, 0.29) is 5.56 Å². The molecule has 1 saturated carbocycles. The van der Waals surface area contributed by atoms with Crippen LogP contribution >= 0.6 is 0 Å². The fraction of sp³-hybridized carbons (Fsp3) is 0.500. The summed E-state index contributed by atoms with van der Waals surface area (Å²) >= 11 is 0. The van der Waals surface area contributed by atoms with Crippen LogP contribution in [0.15, 0.2) is 36.4 Å². The van der Waals surface area contributed by atoms with Gasteiger partial charge in [-0.15, -0.1) is 0 Å². The fourth-order valence-electron chi connectivity index (χ4n) is 4.23. The normalized spacial score (nSPS) is 19.5. The van der Waals surface area contributed by atoms with Gasteiger partial charge >= 0.3 is 0 Å². The summed E-state index contributed by atoms with van der Waals surface area (Å²) in [6.07, 6.45) is 5.99. The highest BCUT2D eigenvalue weighted by atomic mass is 19.3. The molecule has 0 radical (unpaired) electrons. The van der Waals surface area contributed by atoms with Gasteiger partial charge < -0.3 is 4.74 Å². The standard InChI is InChI=1S/C24H28F4O/c1-2-3-4-16-5-7-17(8-6-16)18-9-11-19(12-10-18)20-13-14-21(24(28)23(20)27)29-15-22(25)26/h9-14,16-17,22H,2-8,15H2,1H3. The molecule has 3 rings (SSSR count). The number of hydrogen-bond donors (Lipinski definition) is 0. The maximum absolute atomic E-state index is 14.4. The van der Waals surface area contributed by atoms with Crippen molar-refractivity contribution in [2.45, 2.75) is 64.2 Å². The second-order valence-corrected chi connectivity index (χ2v) is 7.92. The number of alkyl halides is 2. The molecule has 0 amide bonds. The van der Waals surface area contributed by atoms with Gasteiger partial charge in [-0.2, -0.15) is 4.39 Å². The van der Waals surface area contributed by atoms with E-state index in [1.165, 1.54) is 62.6 Å². The molecule has 0 saturated heterocycles. The molecule has 0 atom stereocenters. The van der Waals surface area contributed by atoms with Gasteiger partial charge in [-0.3, -0.25) is 0 Å². The molecule has 1 aliphatic rings. The van der Waals surface area contributed by atoms with Crippen molar-refractivity contribution in [3.05, 3.63) is 53.6 Å². The highest BCUT2D eigenvalue weighted by molar-refractivity contribution is 5.65. The third kappa shape index (κ3) is 5.52. The van der Waals surface area contributed by atoms with Crippen LogP contribution in [0.5, 0.6) is 5.75 Å². The van der Waals surface area contributed by atoms with Crippen LogP contribution in [0.3, 0.4) is 0 Å². The van der Waals surface area contributed by atoms with E-state index in [2.05, 4.69) is 11.7 Å². The second-order valence-electron chi connectivity index (χ2n) is 7.92. The van der Waals surface area contributed by atoms with Crippen molar-refractivity contribution in [1.29, 1.82) is 0 Å². The summed E-state index contributed by atoms with van der Waals surface area (Å²) in [4.78, 5) is 0. The van der Waals surface area contributed by atoms with Gasteiger partial charge in [-0.1, -0.05) is 50.5 Å². The fourth-order valence-corrected chi connectivity index (χ4v) is 4.23. The quantitative estimate of drug-likeness (QED) is 0.406. The number of halogens is 4. The Kier molecular flexibility index (Phi) is 7.57. The summed E-state index contributed by atoms with van der Waals surface area (Å²) in [6.45, 7) is 1.26. The average Bonchev–Trinajstić information content (AvgIpc) is 2.74. The van der Waals surface area contributed by atoms with Crippen LogP contribution in [-0.2, 0) is 0 Å². The number of benzene rings is 2. The van der Waals surface area contributed by atoms with Crippen LogP contribution in [0.25, 0.3) is 11.1 Å². The van der Waals surface area contributed by atoms with Crippen LogP contribution in [0.1, 0.15) is 63.4 Å². The van der Waals surface area contributed by atoms with E-state index < -0.39 is 30.4 Å². The Bertz CT molecular complexity index is 780. The third-order valence-corrected chi connectivity index (χ3v) is 5.92. The van der Waals surface area contributed by atoms with Crippen LogP contribution in [-0.4, -0.2) is 13.0 Å². The smallest absolute Gasteiger partial charge is 0.272 e. The Morgan fingerprint density at radius 2 is 1.62 bits per heavy atom. The lowest BCUT2D eigenvalue weighted by Crippen LogP contribution is -2.13. The van der Waals surface area contributed by atoms with Crippen molar-refractivity contribution in [1.82, 2.24) is 0 Å². The van der Waals surface area contributed by atoms with Crippen molar-refractivity contribution < 1.29 is 22.3 Å². The van der Waals surface area contributed by atoms with Crippen LogP contribution in [0, 0.1) is 17.6 Å². The first-order valence-electron chi connectivity index (χ1n) is 10.5. The molecule has 0 spiro atoms. The Hall–Kier alpha value is -2.04. The Morgan fingerprint density at radius 1 is 0.931 bits per heavy atom. The lowest BCUT2D eigenvalue weighted by atomic mass is 9.77. The summed E-state index contributed by atoms with van der Waals surface area (Å²) in [5, 5.41) is 0. The molecule has 0 heterocycles. The van der Waals surface area contributed by atoms with Gasteiger partial charge in [-0.25, -0.2) is 13.2 Å². The van der Waals surface area contributed by atoms with E-state index in [1.54, 1.807) is 12.1 Å². The molecular formula is C24H28F4O. The van der Waals surface area contributed by atoms with Crippen molar-refractivity contribution in [2.75, 3.05) is 6.61 Å². The summed E-state index contributed by atoms with van der Waals surface area (Å²) in [5.74, 6) is -1.46. The van der Waals surface area contributed by atoms with Crippen molar-refractivity contribution in [3.8, 4) is 16.9 Å². The van der Waals surface area contributed by atoms with E-state index in [0.29, 0.717) is 11.5 Å². The average molecular weight is 408 g/mol. The van der Waals surface area contributed by atoms with Crippen molar-refractivity contribution in [2.24, 2.45) is 5.92 Å². The summed E-state index contributed by atoms with van der Waals surface area (Å²) in [5.41, 5.74) is 1.89. The van der Waals surface area contributed by atoms with Crippen molar-refractivity contribution >= 4 is 0 Å². The van der Waals surface area contributed by atoms with Gasteiger partial charge in [0.05, 0.1) is 0 Å². The van der Waals surface area contributed by atoms with Gasteiger partial charge in [0.25, 0.3) is 6.43 Å². The van der Waals surface area contributed by atoms with E-state index in [9.17, 15) is 17.6 Å². The summed E-state index contributed by atoms with van der Waals surface area (Å²) in [6, 6.07) is 10.1. The molecule has 1 aliphatic carbocycles. The van der Waals surface area contributed by atoms with E-state index in [0.717, 1.165) is 5.92 Å². The first kappa shape index (κ1) is 21.7. The number of ether oxygens (including phenoxy) is 1. The predicted molar refractivity (Wildman–Crippen MR) is 108 cm³/mol. The highest BCUT2D eigenvalue weighted by Crippen LogP contribution is 2.38. The van der Waals surface area contributed by atoms with Crippen LogP contribution in [0.4, 0.5) is 17.6 Å². The molecule has 5 heteroatoms. The zero-order valence-corrected chi connectivity index (χ0v) is 16.8. The van der Waals surface area contributed by atoms with E-state index >= 15 is 0 Å². The molecule has 158 valence electrons. The van der Waals surface area contributed by atoms with Gasteiger partial charge in [0.15, 0.2) is 11.6 Å². The Balaban J connectivity index is 1.67. The van der Waals surface area contributed by atoms with E-state index in [4.69, 9.17) is 0 Å². The molecule has 2 aromatic rings. The molecule has 1 nitrogen and oxygen atoms in total. The third-order valence-electron chi connectivity index (χ3n) is 5.92. The lowest BCUT2D eigenvalue weighted by Gasteiger charge is -2.29. The van der Waals surface area contributed by atoms with Gasteiger partial charge in [0.2, 0.25) is 5.82 Å². The Morgan fingerprint density at radius 3 is 2.24 bits per heavy atom. The maximum atomic E-state index is 14.4. The predicted octanol–water partition coefficient (Wildman–Crippen LogP) is 7.74. The van der Waals surface area contributed by atoms with Crippen molar-refractivity contribution in [3.63, 3.8) is 0 Å². The van der Waals surface area contributed by atoms with Crippen LogP contribution < -0.4 is 4.74 Å². The second kappa shape index (κ2) is 10.1. The lowest BCUT2D eigenvalue weighted by molar-refractivity contribution is 0.0795. The topological polar surface area (TPSA) is 9.23 Å². The highest BCUT2D eigenvalue weighted by Gasteiger charge is 2.22. The minimum Gasteiger partial charge on any atom is -0.484 e. The molecule has 2 aromatic carbocycles. The zero-order valence-electron chi connectivity index (χ0n) is 16.8. The zero-order chi connectivity index (χ0) is 20.8. The van der Waals surface area contributed by atoms with Gasteiger partial charge in [-0.05, 0) is 60.8 Å². The largest absolute Gasteiger partial charge is 0.484 e. The maximum Gasteiger partial charge on any atom is 0.272 e. The molecule has 0 aromatic heterocycles. The molecule has 0 aliphatic heterocycles. The number of rotatable bonds is 8. The molecule has 0 bridgehead atoms. The van der Waals surface area contributed by atoms with Crippen LogP contribution in [0.2, 0.25) is 0 Å². The number of unbranched alkanes of at least 4 members (excludes halogenated alkanes) is 1. The van der Waals surface area contributed by atoms with Gasteiger partial charge in [0.1, 0.15) is 6.61 Å². The van der Waals surface area contributed by atoms with Gasteiger partial charge in [0, 0.05) is 5.56 Å². The molecule has 29 heavy (non-hydrogen) atoms.